The number of rotatable bonds is 0. The maximum absolute atomic E-state index is 6.14. The molecule has 2 unspecified atom stereocenters. The van der Waals surface area contributed by atoms with Gasteiger partial charge in [0.2, 0.25) is 0 Å². The Bertz CT molecular complexity index is 440. The van der Waals surface area contributed by atoms with Crippen molar-refractivity contribution in [3.05, 3.63) is 23.4 Å². The van der Waals surface area contributed by atoms with Crippen LogP contribution in [-0.2, 0) is 4.74 Å². The summed E-state index contributed by atoms with van der Waals surface area (Å²) in [5.41, 5.74) is 2.57. The van der Waals surface area contributed by atoms with Crippen molar-refractivity contribution in [3.63, 3.8) is 0 Å². The summed E-state index contributed by atoms with van der Waals surface area (Å²) >= 11 is 0. The summed E-state index contributed by atoms with van der Waals surface area (Å²) in [5.74, 6) is 1.53. The zero-order valence-electron chi connectivity index (χ0n) is 11.5. The molecule has 3 nitrogen and oxygen atoms in total. The summed E-state index contributed by atoms with van der Waals surface area (Å²) in [5, 5.41) is 3.43. The topological polar surface area (TPSA) is 33.6 Å². The third-order valence-electron chi connectivity index (χ3n) is 3.91. The molecule has 2 heterocycles. The number of ether oxygens (including phenoxy) is 1. The molecule has 2 aliphatic heterocycles. The van der Waals surface area contributed by atoms with E-state index in [4.69, 9.17) is 9.73 Å². The Hall–Kier alpha value is -1.09. The van der Waals surface area contributed by atoms with Crippen molar-refractivity contribution in [2.75, 3.05) is 13.1 Å². The SMILES string of the molecule is CC(C)(C)C1=NC2=CCC3CCNCC=C3C2O1. The molecule has 0 aromatic rings. The van der Waals surface area contributed by atoms with E-state index in [2.05, 4.69) is 38.2 Å². The number of nitrogens with one attached hydrogen (secondary N) is 1. The van der Waals surface area contributed by atoms with Crippen LogP contribution < -0.4 is 5.32 Å². The van der Waals surface area contributed by atoms with Gasteiger partial charge in [-0.05, 0) is 30.9 Å². The van der Waals surface area contributed by atoms with Crippen LogP contribution in [0.2, 0.25) is 0 Å². The van der Waals surface area contributed by atoms with E-state index in [1.807, 2.05) is 0 Å². The van der Waals surface area contributed by atoms with Gasteiger partial charge in [0.15, 0.2) is 12.0 Å². The van der Waals surface area contributed by atoms with Crippen LogP contribution in [0.15, 0.2) is 28.4 Å². The number of hydrogen-bond acceptors (Lipinski definition) is 3. The predicted molar refractivity (Wildman–Crippen MR) is 73.5 cm³/mol. The molecule has 3 heteroatoms. The lowest BCUT2D eigenvalue weighted by atomic mass is 9.83. The summed E-state index contributed by atoms with van der Waals surface area (Å²) < 4.78 is 6.14. The highest BCUT2D eigenvalue weighted by molar-refractivity contribution is 5.85. The fraction of sp³-hybridized carbons (Fsp3) is 0.667. The van der Waals surface area contributed by atoms with Crippen LogP contribution in [0.4, 0.5) is 0 Å². The van der Waals surface area contributed by atoms with E-state index in [1.54, 1.807) is 0 Å². The molecule has 0 saturated heterocycles. The molecular weight excluding hydrogens is 224 g/mol. The number of allylic oxidation sites excluding steroid dienone is 1. The van der Waals surface area contributed by atoms with Crippen LogP contribution in [0.1, 0.15) is 33.6 Å². The van der Waals surface area contributed by atoms with Crippen LogP contribution in [0.5, 0.6) is 0 Å². The van der Waals surface area contributed by atoms with Gasteiger partial charge in [-0.3, -0.25) is 0 Å². The fourth-order valence-corrected chi connectivity index (χ4v) is 2.85. The number of nitrogens with zero attached hydrogens (tertiary/aromatic N) is 1. The van der Waals surface area contributed by atoms with Crippen molar-refractivity contribution in [2.45, 2.75) is 39.7 Å². The molecule has 0 spiro atoms. The minimum Gasteiger partial charge on any atom is -0.466 e. The molecule has 0 saturated carbocycles. The van der Waals surface area contributed by atoms with Gasteiger partial charge in [-0.1, -0.05) is 32.9 Å². The van der Waals surface area contributed by atoms with Crippen molar-refractivity contribution < 1.29 is 4.74 Å². The zero-order chi connectivity index (χ0) is 12.8. The maximum atomic E-state index is 6.14. The van der Waals surface area contributed by atoms with Crippen LogP contribution in [0.25, 0.3) is 0 Å². The van der Waals surface area contributed by atoms with Crippen LogP contribution >= 0.6 is 0 Å². The molecule has 0 bridgehead atoms. The van der Waals surface area contributed by atoms with Crippen LogP contribution in [0.3, 0.4) is 0 Å². The fourth-order valence-electron chi connectivity index (χ4n) is 2.85. The van der Waals surface area contributed by atoms with Gasteiger partial charge >= 0.3 is 0 Å². The zero-order valence-corrected chi connectivity index (χ0v) is 11.5. The van der Waals surface area contributed by atoms with Crippen molar-refractivity contribution in [1.29, 1.82) is 0 Å². The quantitative estimate of drug-likeness (QED) is 0.667. The van der Waals surface area contributed by atoms with Gasteiger partial charge in [-0.15, -0.1) is 0 Å². The lowest BCUT2D eigenvalue weighted by molar-refractivity contribution is 0.227. The molecule has 1 N–H and O–H groups in total. The molecular formula is C15H22N2O. The van der Waals surface area contributed by atoms with E-state index in [1.165, 1.54) is 12.0 Å². The molecule has 98 valence electrons. The van der Waals surface area contributed by atoms with E-state index < -0.39 is 0 Å². The first-order chi connectivity index (χ1) is 8.55. The van der Waals surface area contributed by atoms with Crippen molar-refractivity contribution in [1.82, 2.24) is 5.32 Å². The number of fused-ring (bicyclic) bond motifs is 3. The average molecular weight is 246 g/mol. The molecule has 0 fully saturated rings. The maximum Gasteiger partial charge on any atom is 0.194 e. The molecule has 0 amide bonds. The first-order valence-corrected chi connectivity index (χ1v) is 6.92. The highest BCUT2D eigenvalue weighted by Crippen LogP contribution is 2.40. The van der Waals surface area contributed by atoms with E-state index in [-0.39, 0.29) is 11.5 Å². The van der Waals surface area contributed by atoms with E-state index in [0.717, 1.165) is 31.1 Å². The van der Waals surface area contributed by atoms with E-state index in [9.17, 15) is 0 Å². The second kappa shape index (κ2) is 4.23. The normalized spacial score (nSPS) is 31.4. The van der Waals surface area contributed by atoms with E-state index in [0.29, 0.717) is 5.92 Å². The third-order valence-corrected chi connectivity index (χ3v) is 3.91. The molecule has 0 radical (unpaired) electrons. The summed E-state index contributed by atoms with van der Waals surface area (Å²) in [7, 11) is 0. The first kappa shape index (κ1) is 12.0. The molecule has 0 aromatic heterocycles. The summed E-state index contributed by atoms with van der Waals surface area (Å²) in [6, 6.07) is 0. The number of hydrogen-bond donors (Lipinski definition) is 1. The third kappa shape index (κ3) is 2.01. The summed E-state index contributed by atoms with van der Waals surface area (Å²) in [6.07, 6.45) is 7.01. The van der Waals surface area contributed by atoms with Gasteiger partial charge in [0.25, 0.3) is 0 Å². The Labute approximate surface area is 109 Å². The first-order valence-electron chi connectivity index (χ1n) is 6.92. The second-order valence-corrected chi connectivity index (χ2v) is 6.42. The summed E-state index contributed by atoms with van der Waals surface area (Å²) in [4.78, 5) is 4.70. The largest absolute Gasteiger partial charge is 0.466 e. The Balaban J connectivity index is 1.89. The highest BCUT2D eigenvalue weighted by atomic mass is 16.5. The van der Waals surface area contributed by atoms with Gasteiger partial charge < -0.3 is 10.1 Å². The number of aliphatic imine (C=N–C) groups is 1. The molecule has 0 aromatic carbocycles. The second-order valence-electron chi connectivity index (χ2n) is 6.42. The molecule has 1 aliphatic carbocycles. The molecule has 3 aliphatic rings. The van der Waals surface area contributed by atoms with Gasteiger partial charge in [0.1, 0.15) is 0 Å². The monoisotopic (exact) mass is 246 g/mol. The van der Waals surface area contributed by atoms with Crippen molar-refractivity contribution >= 4 is 5.90 Å². The van der Waals surface area contributed by atoms with Gasteiger partial charge in [0, 0.05) is 12.0 Å². The smallest absolute Gasteiger partial charge is 0.194 e. The van der Waals surface area contributed by atoms with Crippen LogP contribution in [-0.4, -0.2) is 25.1 Å². The molecule has 18 heavy (non-hydrogen) atoms. The van der Waals surface area contributed by atoms with Crippen LogP contribution in [0, 0.1) is 11.3 Å². The van der Waals surface area contributed by atoms with Crippen molar-refractivity contribution in [3.8, 4) is 0 Å². The van der Waals surface area contributed by atoms with Gasteiger partial charge in [-0.2, -0.15) is 0 Å². The standard InChI is InChI=1S/C15H22N2O/c1-15(2,3)14-17-12-5-4-10-6-8-16-9-7-11(10)13(12)18-14/h5,7,10,13,16H,4,6,8-9H2,1-3H3. The minimum atomic E-state index is -0.00276. The Morgan fingerprint density at radius 3 is 2.94 bits per heavy atom. The predicted octanol–water partition coefficient (Wildman–Crippen LogP) is 2.65. The van der Waals surface area contributed by atoms with Crippen molar-refractivity contribution in [2.24, 2.45) is 16.3 Å². The lowest BCUT2D eigenvalue weighted by Gasteiger charge is -2.28. The Kier molecular flexibility index (Phi) is 2.81. The highest BCUT2D eigenvalue weighted by Gasteiger charge is 2.39. The Morgan fingerprint density at radius 2 is 2.17 bits per heavy atom. The average Bonchev–Trinajstić information content (AvgIpc) is 2.61. The molecule has 3 rings (SSSR count). The summed E-state index contributed by atoms with van der Waals surface area (Å²) in [6.45, 7) is 8.54. The lowest BCUT2D eigenvalue weighted by Crippen LogP contribution is -2.28. The minimum absolute atomic E-state index is 0.00276. The Morgan fingerprint density at radius 1 is 1.33 bits per heavy atom. The van der Waals surface area contributed by atoms with E-state index >= 15 is 0 Å². The molecule has 2 atom stereocenters. The van der Waals surface area contributed by atoms with Gasteiger partial charge in [0.05, 0.1) is 5.70 Å². The van der Waals surface area contributed by atoms with Gasteiger partial charge in [-0.25, -0.2) is 4.99 Å².